The zero-order valence-corrected chi connectivity index (χ0v) is 32.1. The Balaban J connectivity index is 3.36. The zero-order valence-electron chi connectivity index (χ0n) is 32.1. The number of ether oxygens (including phenoxy) is 2. The number of carbonyl (C=O) groups excluding carboxylic acids is 1. The lowest BCUT2D eigenvalue weighted by molar-refractivity contribution is -0.154. The van der Waals surface area contributed by atoms with Gasteiger partial charge in [0.05, 0.1) is 13.2 Å². The van der Waals surface area contributed by atoms with Gasteiger partial charge in [0.25, 0.3) is 0 Å². The van der Waals surface area contributed by atoms with Crippen LogP contribution in [0.2, 0.25) is 0 Å². The van der Waals surface area contributed by atoms with Crippen molar-refractivity contribution in [3.8, 4) is 0 Å². The second-order valence-electron chi connectivity index (χ2n) is 14.4. The lowest BCUT2D eigenvalue weighted by Gasteiger charge is -2.16. The summed E-state index contributed by atoms with van der Waals surface area (Å²) >= 11 is 0. The first-order valence-electron chi connectivity index (χ1n) is 21.3. The zero-order chi connectivity index (χ0) is 34.1. The average Bonchev–Trinajstić information content (AvgIpc) is 3.08. The monoisotopic (exact) mass is 665 g/mol. The highest BCUT2D eigenvalue weighted by Crippen LogP contribution is 2.15. The van der Waals surface area contributed by atoms with Crippen molar-refractivity contribution in [3.05, 3.63) is 12.2 Å². The molecule has 1 N–H and O–H groups in total. The van der Waals surface area contributed by atoms with Crippen molar-refractivity contribution in [1.82, 2.24) is 0 Å². The lowest BCUT2D eigenvalue weighted by Crippen LogP contribution is -2.27. The number of aliphatic hydroxyl groups excluding tert-OH is 1. The molecule has 0 aliphatic heterocycles. The van der Waals surface area contributed by atoms with Gasteiger partial charge in [0.1, 0.15) is 6.10 Å². The molecule has 0 saturated carbocycles. The van der Waals surface area contributed by atoms with E-state index in [9.17, 15) is 9.90 Å². The number of rotatable bonds is 40. The molecule has 47 heavy (non-hydrogen) atoms. The third-order valence-electron chi connectivity index (χ3n) is 9.59. The first-order valence-corrected chi connectivity index (χ1v) is 21.3. The summed E-state index contributed by atoms with van der Waals surface area (Å²) < 4.78 is 11.2. The summed E-state index contributed by atoms with van der Waals surface area (Å²) in [5, 5.41) is 9.58. The molecule has 0 bridgehead atoms. The van der Waals surface area contributed by atoms with Gasteiger partial charge in [0.2, 0.25) is 0 Å². The van der Waals surface area contributed by atoms with Crippen molar-refractivity contribution in [2.45, 2.75) is 238 Å². The number of aliphatic hydroxyl groups is 1. The Kier molecular flexibility index (Phi) is 40.5. The van der Waals surface area contributed by atoms with Crippen molar-refractivity contribution in [1.29, 1.82) is 0 Å². The van der Waals surface area contributed by atoms with Crippen LogP contribution in [0.5, 0.6) is 0 Å². The van der Waals surface area contributed by atoms with Gasteiger partial charge in [-0.25, -0.2) is 0 Å². The number of esters is 1. The molecule has 0 amide bonds. The predicted octanol–water partition coefficient (Wildman–Crippen LogP) is 13.8. The van der Waals surface area contributed by atoms with Crippen molar-refractivity contribution in [2.75, 3.05) is 19.8 Å². The first-order chi connectivity index (χ1) is 23.2. The Morgan fingerprint density at radius 1 is 0.489 bits per heavy atom. The standard InChI is InChI=1S/C43H84O4/c1-3-5-7-9-11-13-15-17-18-19-20-21-22-23-24-25-27-29-31-33-35-37-39-46-41-42(40-44)47-43(45)38-36-34-32-30-28-26-16-14-12-10-8-6-4-2/h19-20,42,44H,3-18,21-41H2,1-2H3/b20-19-. The van der Waals surface area contributed by atoms with Gasteiger partial charge in [-0.15, -0.1) is 0 Å². The van der Waals surface area contributed by atoms with E-state index >= 15 is 0 Å². The molecular formula is C43H84O4. The largest absolute Gasteiger partial charge is 0.457 e. The van der Waals surface area contributed by atoms with E-state index in [1.165, 1.54) is 193 Å². The van der Waals surface area contributed by atoms with Crippen molar-refractivity contribution >= 4 is 5.97 Å². The van der Waals surface area contributed by atoms with Crippen molar-refractivity contribution in [2.24, 2.45) is 0 Å². The van der Waals surface area contributed by atoms with Crippen molar-refractivity contribution < 1.29 is 19.4 Å². The summed E-state index contributed by atoms with van der Waals surface area (Å²) in [6, 6.07) is 0. The van der Waals surface area contributed by atoms with Gasteiger partial charge in [0.15, 0.2) is 0 Å². The van der Waals surface area contributed by atoms with Crippen LogP contribution in [0.1, 0.15) is 232 Å². The maximum Gasteiger partial charge on any atom is 0.306 e. The van der Waals surface area contributed by atoms with Crippen LogP contribution in [0.15, 0.2) is 12.2 Å². The number of allylic oxidation sites excluding steroid dienone is 2. The van der Waals surface area contributed by atoms with Crippen LogP contribution in [-0.4, -0.2) is 37.0 Å². The topological polar surface area (TPSA) is 55.8 Å². The maximum absolute atomic E-state index is 12.2. The van der Waals surface area contributed by atoms with Crippen LogP contribution >= 0.6 is 0 Å². The molecule has 0 spiro atoms. The Labute approximate surface area is 295 Å². The molecule has 4 nitrogen and oxygen atoms in total. The minimum absolute atomic E-state index is 0.166. The average molecular weight is 665 g/mol. The Morgan fingerprint density at radius 3 is 1.21 bits per heavy atom. The van der Waals surface area contributed by atoms with E-state index in [4.69, 9.17) is 9.47 Å². The van der Waals surface area contributed by atoms with E-state index in [0.717, 1.165) is 19.3 Å². The molecular weight excluding hydrogens is 580 g/mol. The fraction of sp³-hybridized carbons (Fsp3) is 0.930. The van der Waals surface area contributed by atoms with Crippen molar-refractivity contribution in [3.63, 3.8) is 0 Å². The minimum Gasteiger partial charge on any atom is -0.457 e. The Hall–Kier alpha value is -0.870. The van der Waals surface area contributed by atoms with E-state index in [1.807, 2.05) is 0 Å². The van der Waals surface area contributed by atoms with Crippen LogP contribution in [0, 0.1) is 0 Å². The molecule has 0 radical (unpaired) electrons. The molecule has 0 aromatic heterocycles. The number of hydrogen-bond donors (Lipinski definition) is 1. The molecule has 1 unspecified atom stereocenters. The first kappa shape index (κ1) is 46.1. The van der Waals surface area contributed by atoms with E-state index in [1.54, 1.807) is 0 Å². The molecule has 0 fully saturated rings. The predicted molar refractivity (Wildman–Crippen MR) is 205 cm³/mol. The van der Waals surface area contributed by atoms with Gasteiger partial charge in [-0.1, -0.05) is 199 Å². The smallest absolute Gasteiger partial charge is 0.306 e. The van der Waals surface area contributed by atoms with Crippen LogP contribution in [0.4, 0.5) is 0 Å². The van der Waals surface area contributed by atoms with Crippen LogP contribution in [0.25, 0.3) is 0 Å². The molecule has 0 aromatic rings. The van der Waals surface area contributed by atoms with E-state index in [2.05, 4.69) is 26.0 Å². The van der Waals surface area contributed by atoms with Gasteiger partial charge < -0.3 is 14.6 Å². The molecule has 0 rings (SSSR count). The second kappa shape index (κ2) is 41.3. The molecule has 0 aliphatic rings. The number of carbonyl (C=O) groups is 1. The molecule has 1 atom stereocenters. The van der Waals surface area contributed by atoms with E-state index in [0.29, 0.717) is 19.6 Å². The number of unbranched alkanes of at least 4 members (excludes halogenated alkanes) is 30. The van der Waals surface area contributed by atoms with Crippen LogP contribution in [0.3, 0.4) is 0 Å². The summed E-state index contributed by atoms with van der Waals surface area (Å²) in [6.07, 6.45) is 48.4. The quantitative estimate of drug-likeness (QED) is 0.0402. The molecule has 0 aromatic carbocycles. The normalized spacial score (nSPS) is 12.3. The van der Waals surface area contributed by atoms with Crippen LogP contribution in [-0.2, 0) is 14.3 Å². The molecule has 0 heterocycles. The highest BCUT2D eigenvalue weighted by atomic mass is 16.6. The van der Waals surface area contributed by atoms with Gasteiger partial charge in [-0.2, -0.15) is 0 Å². The fourth-order valence-electron chi connectivity index (χ4n) is 6.38. The van der Waals surface area contributed by atoms with Gasteiger partial charge in [-0.3, -0.25) is 4.79 Å². The second-order valence-corrected chi connectivity index (χ2v) is 14.4. The van der Waals surface area contributed by atoms with E-state index in [-0.39, 0.29) is 12.6 Å². The highest BCUT2D eigenvalue weighted by molar-refractivity contribution is 5.69. The highest BCUT2D eigenvalue weighted by Gasteiger charge is 2.13. The third-order valence-corrected chi connectivity index (χ3v) is 9.59. The van der Waals surface area contributed by atoms with Gasteiger partial charge >= 0.3 is 5.97 Å². The Morgan fingerprint density at radius 2 is 0.830 bits per heavy atom. The summed E-state index contributed by atoms with van der Waals surface area (Å²) in [5.74, 6) is -0.197. The number of hydrogen-bond acceptors (Lipinski definition) is 4. The van der Waals surface area contributed by atoms with Gasteiger partial charge in [-0.05, 0) is 38.5 Å². The maximum atomic E-state index is 12.2. The molecule has 4 heteroatoms. The SMILES string of the molecule is CCCCCCCCCC/C=C\CCCCCCCCCCCCOCC(CO)OC(=O)CCCCCCCCCCCCCCC. The molecule has 0 saturated heterocycles. The minimum atomic E-state index is -0.528. The van der Waals surface area contributed by atoms with Crippen LogP contribution < -0.4 is 0 Å². The summed E-state index contributed by atoms with van der Waals surface area (Å²) in [7, 11) is 0. The van der Waals surface area contributed by atoms with E-state index < -0.39 is 6.10 Å². The summed E-state index contributed by atoms with van der Waals surface area (Å²) in [5.41, 5.74) is 0. The Bertz CT molecular complexity index is 619. The lowest BCUT2D eigenvalue weighted by atomic mass is 10.0. The summed E-state index contributed by atoms with van der Waals surface area (Å²) in [4.78, 5) is 12.2. The molecule has 280 valence electrons. The third kappa shape index (κ3) is 39.5. The van der Waals surface area contributed by atoms with Gasteiger partial charge in [0, 0.05) is 13.0 Å². The molecule has 0 aliphatic carbocycles. The summed E-state index contributed by atoms with van der Waals surface area (Å²) in [6.45, 7) is 5.38. The fourth-order valence-corrected chi connectivity index (χ4v) is 6.38.